The number of benzene rings is 1. The second kappa shape index (κ2) is 5.64. The van der Waals surface area contributed by atoms with Gasteiger partial charge in [-0.15, -0.1) is 0 Å². The first-order chi connectivity index (χ1) is 8.94. The number of nitrogens with one attached hydrogen (secondary N) is 1. The molecule has 0 saturated carbocycles. The largest absolute Gasteiger partial charge is 0.305 e. The van der Waals surface area contributed by atoms with Crippen LogP contribution in [0, 0.1) is 5.92 Å². The zero-order chi connectivity index (χ0) is 14.0. The van der Waals surface area contributed by atoms with Crippen molar-refractivity contribution in [3.05, 3.63) is 35.9 Å². The van der Waals surface area contributed by atoms with E-state index in [1.54, 1.807) is 0 Å². The van der Waals surface area contributed by atoms with Gasteiger partial charge in [-0.05, 0) is 32.3 Å². The minimum absolute atomic E-state index is 0.0664. The van der Waals surface area contributed by atoms with Gasteiger partial charge in [0.1, 0.15) is 0 Å². The molecule has 1 fully saturated rings. The van der Waals surface area contributed by atoms with Crippen molar-refractivity contribution in [1.29, 1.82) is 0 Å². The van der Waals surface area contributed by atoms with Crippen LogP contribution >= 0.6 is 0 Å². The van der Waals surface area contributed by atoms with Crippen molar-refractivity contribution >= 4 is 0 Å². The number of nitrogens with zero attached hydrogens (tertiary/aromatic N) is 1. The van der Waals surface area contributed by atoms with Gasteiger partial charge in [-0.3, -0.25) is 4.90 Å². The molecule has 1 N–H and O–H groups in total. The van der Waals surface area contributed by atoms with Crippen LogP contribution < -0.4 is 5.32 Å². The molecule has 2 nitrogen and oxygen atoms in total. The van der Waals surface area contributed by atoms with Gasteiger partial charge in [0.15, 0.2) is 0 Å². The molecule has 2 rings (SSSR count). The Morgan fingerprint density at radius 1 is 1.21 bits per heavy atom. The third-order valence-electron chi connectivity index (χ3n) is 4.75. The quantitative estimate of drug-likeness (QED) is 0.897. The standard InChI is InChI=1S/C17H28N2/c1-13(2)15(4)19-12-17(5,18-11-14(19)3)16-9-7-6-8-10-16/h6-10,13-15,18H,11-12H2,1-5H3. The normalized spacial score (nSPS) is 30.5. The fourth-order valence-electron chi connectivity index (χ4n) is 2.99. The molecule has 1 aliphatic rings. The molecule has 1 aliphatic heterocycles. The fraction of sp³-hybridized carbons (Fsp3) is 0.647. The molecule has 3 unspecified atom stereocenters. The lowest BCUT2D eigenvalue weighted by atomic mass is 9.86. The van der Waals surface area contributed by atoms with Crippen LogP contribution in [0.3, 0.4) is 0 Å². The van der Waals surface area contributed by atoms with Crippen LogP contribution in [-0.2, 0) is 5.54 Å². The van der Waals surface area contributed by atoms with Crippen LogP contribution in [-0.4, -0.2) is 30.1 Å². The maximum Gasteiger partial charge on any atom is 0.0535 e. The van der Waals surface area contributed by atoms with Gasteiger partial charge in [-0.2, -0.15) is 0 Å². The Bertz CT molecular complexity index is 401. The summed E-state index contributed by atoms with van der Waals surface area (Å²) < 4.78 is 0. The van der Waals surface area contributed by atoms with Crippen molar-refractivity contribution in [3.63, 3.8) is 0 Å². The number of hydrogen-bond acceptors (Lipinski definition) is 2. The summed E-state index contributed by atoms with van der Waals surface area (Å²) in [7, 11) is 0. The summed E-state index contributed by atoms with van der Waals surface area (Å²) in [5.74, 6) is 0.695. The van der Waals surface area contributed by atoms with Gasteiger partial charge < -0.3 is 5.32 Å². The SMILES string of the molecule is CC(C)C(C)N1CC(C)(c2ccccc2)NCC1C. The summed E-state index contributed by atoms with van der Waals surface area (Å²) in [5.41, 5.74) is 1.46. The lowest BCUT2D eigenvalue weighted by Gasteiger charge is -2.49. The minimum atomic E-state index is 0.0664. The molecule has 0 aliphatic carbocycles. The third-order valence-corrected chi connectivity index (χ3v) is 4.75. The van der Waals surface area contributed by atoms with Crippen molar-refractivity contribution < 1.29 is 0 Å². The van der Waals surface area contributed by atoms with E-state index < -0.39 is 0 Å². The molecule has 0 aromatic heterocycles. The Kier molecular flexibility index (Phi) is 4.32. The lowest BCUT2D eigenvalue weighted by molar-refractivity contribution is 0.0430. The molecule has 1 aromatic carbocycles. The van der Waals surface area contributed by atoms with E-state index in [4.69, 9.17) is 0 Å². The van der Waals surface area contributed by atoms with Crippen LogP contribution in [0.5, 0.6) is 0 Å². The number of hydrogen-bond donors (Lipinski definition) is 1. The topological polar surface area (TPSA) is 15.3 Å². The Labute approximate surface area is 118 Å². The molecule has 0 amide bonds. The maximum atomic E-state index is 3.74. The summed E-state index contributed by atoms with van der Waals surface area (Å²) in [4.78, 5) is 2.66. The van der Waals surface area contributed by atoms with Crippen LogP contribution in [0.25, 0.3) is 0 Å². The van der Waals surface area contributed by atoms with Gasteiger partial charge in [0.25, 0.3) is 0 Å². The third kappa shape index (κ3) is 3.01. The van der Waals surface area contributed by atoms with Crippen molar-refractivity contribution in [3.8, 4) is 0 Å². The molecular weight excluding hydrogens is 232 g/mol. The van der Waals surface area contributed by atoms with E-state index in [0.29, 0.717) is 18.0 Å². The van der Waals surface area contributed by atoms with Gasteiger partial charge >= 0.3 is 0 Å². The van der Waals surface area contributed by atoms with E-state index in [9.17, 15) is 0 Å². The second-order valence-corrected chi connectivity index (χ2v) is 6.59. The van der Waals surface area contributed by atoms with Gasteiger partial charge in [0.2, 0.25) is 0 Å². The van der Waals surface area contributed by atoms with Crippen LogP contribution in [0.2, 0.25) is 0 Å². The smallest absolute Gasteiger partial charge is 0.0535 e. The Morgan fingerprint density at radius 2 is 1.84 bits per heavy atom. The summed E-state index contributed by atoms with van der Waals surface area (Å²) in [6.07, 6.45) is 0. The predicted octanol–water partition coefficient (Wildman–Crippen LogP) is 3.24. The fourth-order valence-corrected chi connectivity index (χ4v) is 2.99. The molecule has 106 valence electrons. The van der Waals surface area contributed by atoms with E-state index in [-0.39, 0.29) is 5.54 Å². The number of piperazine rings is 1. The molecule has 2 heteroatoms. The highest BCUT2D eigenvalue weighted by Gasteiger charge is 2.37. The first-order valence-electron chi connectivity index (χ1n) is 7.50. The number of rotatable bonds is 3. The first kappa shape index (κ1) is 14.5. The molecule has 0 radical (unpaired) electrons. The molecule has 0 spiro atoms. The molecule has 1 aromatic rings. The Balaban J connectivity index is 2.21. The molecular formula is C17H28N2. The molecule has 1 heterocycles. The van der Waals surface area contributed by atoms with Gasteiger partial charge in [0.05, 0.1) is 5.54 Å². The molecule has 1 saturated heterocycles. The highest BCUT2D eigenvalue weighted by Crippen LogP contribution is 2.28. The highest BCUT2D eigenvalue weighted by molar-refractivity contribution is 5.25. The summed E-state index contributed by atoms with van der Waals surface area (Å²) in [6.45, 7) is 13.8. The van der Waals surface area contributed by atoms with E-state index in [1.165, 1.54) is 5.56 Å². The van der Waals surface area contributed by atoms with Gasteiger partial charge in [0, 0.05) is 25.2 Å². The summed E-state index contributed by atoms with van der Waals surface area (Å²) >= 11 is 0. The zero-order valence-corrected chi connectivity index (χ0v) is 13.0. The maximum absolute atomic E-state index is 3.74. The van der Waals surface area contributed by atoms with Crippen molar-refractivity contribution in [2.24, 2.45) is 5.92 Å². The zero-order valence-electron chi connectivity index (χ0n) is 13.0. The van der Waals surface area contributed by atoms with Crippen molar-refractivity contribution in [2.45, 2.75) is 52.2 Å². The first-order valence-corrected chi connectivity index (χ1v) is 7.50. The average molecular weight is 260 g/mol. The van der Waals surface area contributed by atoms with Crippen LogP contribution in [0.1, 0.15) is 40.2 Å². The lowest BCUT2D eigenvalue weighted by Crippen LogP contribution is -2.62. The van der Waals surface area contributed by atoms with Crippen molar-refractivity contribution in [1.82, 2.24) is 10.2 Å². The highest BCUT2D eigenvalue weighted by atomic mass is 15.3. The summed E-state index contributed by atoms with van der Waals surface area (Å²) in [6, 6.07) is 12.1. The van der Waals surface area contributed by atoms with E-state index >= 15 is 0 Å². The average Bonchev–Trinajstić information content (AvgIpc) is 2.42. The monoisotopic (exact) mass is 260 g/mol. The molecule has 3 atom stereocenters. The molecule has 0 bridgehead atoms. The van der Waals surface area contributed by atoms with Gasteiger partial charge in [-0.25, -0.2) is 0 Å². The van der Waals surface area contributed by atoms with Gasteiger partial charge in [-0.1, -0.05) is 44.2 Å². The second-order valence-electron chi connectivity index (χ2n) is 6.59. The minimum Gasteiger partial charge on any atom is -0.305 e. The Morgan fingerprint density at radius 3 is 2.42 bits per heavy atom. The molecule has 19 heavy (non-hydrogen) atoms. The predicted molar refractivity (Wildman–Crippen MR) is 82.3 cm³/mol. The van der Waals surface area contributed by atoms with E-state index in [1.807, 2.05) is 0 Å². The summed E-state index contributed by atoms with van der Waals surface area (Å²) in [5, 5.41) is 3.74. The van der Waals surface area contributed by atoms with E-state index in [0.717, 1.165) is 13.1 Å². The van der Waals surface area contributed by atoms with E-state index in [2.05, 4.69) is 75.2 Å². The van der Waals surface area contributed by atoms with Crippen LogP contribution in [0.15, 0.2) is 30.3 Å². The van der Waals surface area contributed by atoms with Crippen LogP contribution in [0.4, 0.5) is 0 Å². The Hall–Kier alpha value is -0.860. The van der Waals surface area contributed by atoms with Crippen molar-refractivity contribution in [2.75, 3.05) is 13.1 Å².